The molecule has 0 radical (unpaired) electrons. The quantitative estimate of drug-likeness (QED) is 0.781. The van der Waals surface area contributed by atoms with Crippen LogP contribution in [0.3, 0.4) is 0 Å². The summed E-state index contributed by atoms with van der Waals surface area (Å²) in [5.41, 5.74) is 2.58. The van der Waals surface area contributed by atoms with Crippen LogP contribution in [0.2, 0.25) is 5.02 Å². The molecule has 2 aromatic carbocycles. The summed E-state index contributed by atoms with van der Waals surface area (Å²) in [6.07, 6.45) is 0. The summed E-state index contributed by atoms with van der Waals surface area (Å²) in [5.74, 6) is -0.321. The van der Waals surface area contributed by atoms with E-state index in [4.69, 9.17) is 23.2 Å². The number of hydrogen-bond donors (Lipinski definition) is 0. The number of carbonyl (C=O) groups is 1. The second kappa shape index (κ2) is 5.51. The lowest BCUT2D eigenvalue weighted by atomic mass is 9.97. The van der Waals surface area contributed by atoms with Gasteiger partial charge in [-0.1, -0.05) is 53.5 Å². The Balaban J connectivity index is 2.25. The molecule has 0 aromatic heterocycles. The fourth-order valence-electron chi connectivity index (χ4n) is 2.43. The van der Waals surface area contributed by atoms with Crippen molar-refractivity contribution in [3.05, 3.63) is 64.7 Å². The van der Waals surface area contributed by atoms with Gasteiger partial charge in [-0.3, -0.25) is 9.79 Å². The average Bonchev–Trinajstić information content (AvgIpc) is 2.59. The van der Waals surface area contributed by atoms with E-state index in [0.717, 1.165) is 16.8 Å². The minimum Gasteiger partial charge on any atom is -0.309 e. The van der Waals surface area contributed by atoms with Crippen LogP contribution in [0.15, 0.2) is 53.5 Å². The van der Waals surface area contributed by atoms with Gasteiger partial charge in [-0.25, -0.2) is 0 Å². The van der Waals surface area contributed by atoms with E-state index in [1.54, 1.807) is 13.1 Å². The second-order valence-electron chi connectivity index (χ2n) is 4.80. The van der Waals surface area contributed by atoms with Crippen molar-refractivity contribution in [3.8, 4) is 0 Å². The van der Waals surface area contributed by atoms with Gasteiger partial charge in [-0.15, -0.1) is 0 Å². The van der Waals surface area contributed by atoms with E-state index in [-0.39, 0.29) is 17.1 Å². The van der Waals surface area contributed by atoms with Gasteiger partial charge in [0.15, 0.2) is 5.17 Å². The zero-order valence-electron chi connectivity index (χ0n) is 11.3. The molecule has 0 saturated carbocycles. The maximum absolute atomic E-state index is 12.2. The summed E-state index contributed by atoms with van der Waals surface area (Å²) in [6, 6.07) is 14.8. The van der Waals surface area contributed by atoms with Gasteiger partial charge in [-0.05, 0) is 23.8 Å². The molecule has 0 saturated heterocycles. The smallest absolute Gasteiger partial charge is 0.287 e. The van der Waals surface area contributed by atoms with Crippen LogP contribution < -0.4 is 4.90 Å². The van der Waals surface area contributed by atoms with Crippen LogP contribution in [0, 0.1) is 0 Å². The molecule has 21 heavy (non-hydrogen) atoms. The highest BCUT2D eigenvalue weighted by atomic mass is 35.5. The number of fused-ring (bicyclic) bond motifs is 1. The van der Waals surface area contributed by atoms with Crippen molar-refractivity contribution in [3.63, 3.8) is 0 Å². The van der Waals surface area contributed by atoms with Crippen LogP contribution >= 0.6 is 23.2 Å². The van der Waals surface area contributed by atoms with Crippen molar-refractivity contribution in [1.82, 2.24) is 0 Å². The molecule has 1 aliphatic rings. The summed E-state index contributed by atoms with van der Waals surface area (Å²) in [7, 11) is 1.68. The number of amides is 1. The Morgan fingerprint density at radius 3 is 2.52 bits per heavy atom. The van der Waals surface area contributed by atoms with Gasteiger partial charge >= 0.3 is 0 Å². The molecule has 0 fully saturated rings. The first-order valence-electron chi connectivity index (χ1n) is 6.43. The average molecular weight is 319 g/mol. The molecule has 2 aromatic rings. The maximum atomic E-state index is 12.2. The molecule has 0 bridgehead atoms. The van der Waals surface area contributed by atoms with E-state index in [1.807, 2.05) is 42.5 Å². The molecule has 1 atom stereocenters. The van der Waals surface area contributed by atoms with Gasteiger partial charge < -0.3 is 4.90 Å². The Kier molecular flexibility index (Phi) is 3.70. The van der Waals surface area contributed by atoms with Gasteiger partial charge in [-0.2, -0.15) is 0 Å². The first-order valence-corrected chi connectivity index (χ1v) is 7.19. The molecule has 0 aliphatic carbocycles. The fourth-order valence-corrected chi connectivity index (χ4v) is 2.83. The van der Waals surface area contributed by atoms with E-state index < -0.39 is 0 Å². The zero-order chi connectivity index (χ0) is 15.0. The van der Waals surface area contributed by atoms with Crippen molar-refractivity contribution in [2.75, 3.05) is 11.9 Å². The Labute approximate surface area is 132 Å². The first-order chi connectivity index (χ1) is 10.1. The minimum atomic E-state index is -0.346. The standard InChI is InChI=1S/C16H12Cl2N2O/c1-20-13-8-7-11(17)9-12(13)14(19-15(18)16(20)21)10-5-3-2-4-6-10/h2-9,14H,1H3. The number of aliphatic imine (C=N–C) groups is 1. The lowest BCUT2D eigenvalue weighted by molar-refractivity contribution is -0.112. The number of rotatable bonds is 1. The zero-order valence-corrected chi connectivity index (χ0v) is 12.8. The van der Waals surface area contributed by atoms with E-state index in [0.29, 0.717) is 5.02 Å². The molecular weight excluding hydrogens is 307 g/mol. The highest BCUT2D eigenvalue weighted by molar-refractivity contribution is 6.84. The summed E-state index contributed by atoms with van der Waals surface area (Å²) in [5, 5.41) is 0.572. The molecule has 0 spiro atoms. The maximum Gasteiger partial charge on any atom is 0.287 e. The van der Waals surface area contributed by atoms with Gasteiger partial charge in [0.1, 0.15) is 6.04 Å². The molecule has 1 amide bonds. The van der Waals surface area contributed by atoms with Gasteiger partial charge in [0.2, 0.25) is 0 Å². The van der Waals surface area contributed by atoms with Crippen LogP contribution in [-0.4, -0.2) is 18.1 Å². The highest BCUT2D eigenvalue weighted by Crippen LogP contribution is 2.37. The third kappa shape index (κ3) is 2.55. The van der Waals surface area contributed by atoms with Crippen molar-refractivity contribution in [2.24, 2.45) is 4.99 Å². The molecule has 1 aliphatic heterocycles. The number of anilines is 1. The third-order valence-electron chi connectivity index (χ3n) is 3.48. The molecule has 0 N–H and O–H groups in total. The molecule has 1 heterocycles. The van der Waals surface area contributed by atoms with Crippen molar-refractivity contribution >= 4 is 40.0 Å². The van der Waals surface area contributed by atoms with Crippen LogP contribution in [0.1, 0.15) is 17.2 Å². The molecule has 3 rings (SSSR count). The fraction of sp³-hybridized carbons (Fsp3) is 0.125. The Bertz CT molecular complexity index is 728. The van der Waals surface area contributed by atoms with Crippen LogP contribution in [0.5, 0.6) is 0 Å². The Morgan fingerprint density at radius 1 is 1.10 bits per heavy atom. The lowest BCUT2D eigenvalue weighted by Gasteiger charge is -2.20. The molecule has 1 unspecified atom stereocenters. The number of carbonyl (C=O) groups excluding carboxylic acids is 1. The van der Waals surface area contributed by atoms with Crippen molar-refractivity contribution in [1.29, 1.82) is 0 Å². The number of benzene rings is 2. The van der Waals surface area contributed by atoms with E-state index >= 15 is 0 Å². The number of nitrogens with zero attached hydrogens (tertiary/aromatic N) is 2. The molecule has 106 valence electrons. The SMILES string of the molecule is CN1C(=O)C(Cl)=NC(c2ccccc2)c2cc(Cl)ccc21. The molecule has 5 heteroatoms. The van der Waals surface area contributed by atoms with Gasteiger partial charge in [0, 0.05) is 23.3 Å². The third-order valence-corrected chi connectivity index (χ3v) is 3.98. The van der Waals surface area contributed by atoms with E-state index in [9.17, 15) is 4.79 Å². The lowest BCUT2D eigenvalue weighted by Crippen LogP contribution is -2.30. The summed E-state index contributed by atoms with van der Waals surface area (Å²) in [4.78, 5) is 18.1. The summed E-state index contributed by atoms with van der Waals surface area (Å²) >= 11 is 12.2. The van der Waals surface area contributed by atoms with E-state index in [1.165, 1.54) is 4.90 Å². The Morgan fingerprint density at radius 2 is 1.81 bits per heavy atom. The largest absolute Gasteiger partial charge is 0.309 e. The van der Waals surface area contributed by atoms with Crippen molar-refractivity contribution in [2.45, 2.75) is 6.04 Å². The second-order valence-corrected chi connectivity index (χ2v) is 5.59. The minimum absolute atomic E-state index is 0.0290. The predicted molar refractivity (Wildman–Crippen MR) is 86.4 cm³/mol. The van der Waals surface area contributed by atoms with Crippen LogP contribution in [0.4, 0.5) is 5.69 Å². The summed E-state index contributed by atoms with van der Waals surface area (Å²) < 4.78 is 0. The number of halogens is 2. The van der Waals surface area contributed by atoms with Crippen LogP contribution in [-0.2, 0) is 4.79 Å². The molecule has 3 nitrogen and oxygen atoms in total. The summed E-state index contributed by atoms with van der Waals surface area (Å²) in [6.45, 7) is 0. The number of hydrogen-bond acceptors (Lipinski definition) is 2. The van der Waals surface area contributed by atoms with Gasteiger partial charge in [0.05, 0.1) is 0 Å². The van der Waals surface area contributed by atoms with Crippen molar-refractivity contribution < 1.29 is 4.79 Å². The normalized spacial score (nSPS) is 18.0. The first kappa shape index (κ1) is 14.1. The topological polar surface area (TPSA) is 32.7 Å². The molecular formula is C16H12Cl2N2O. The predicted octanol–water partition coefficient (Wildman–Crippen LogP) is 4.04. The van der Waals surface area contributed by atoms with Crippen LogP contribution in [0.25, 0.3) is 0 Å². The van der Waals surface area contributed by atoms with Gasteiger partial charge in [0.25, 0.3) is 5.91 Å². The highest BCUT2D eigenvalue weighted by Gasteiger charge is 2.28. The Hall–Kier alpha value is -1.84. The van der Waals surface area contributed by atoms with E-state index in [2.05, 4.69) is 4.99 Å². The monoisotopic (exact) mass is 318 g/mol.